The number of hydrogen-bond acceptors (Lipinski definition) is 2. The molecule has 3 heteroatoms. The molecule has 0 amide bonds. The zero-order valence-electron chi connectivity index (χ0n) is 7.71. The first-order valence-corrected chi connectivity index (χ1v) is 4.02. The highest BCUT2D eigenvalue weighted by atomic mass is 19.1. The minimum Gasteiger partial charge on any atom is -0.480 e. The molecule has 0 bridgehead atoms. The van der Waals surface area contributed by atoms with E-state index in [1.54, 1.807) is 0 Å². The van der Waals surface area contributed by atoms with Crippen molar-refractivity contribution in [2.45, 2.75) is 6.92 Å². The van der Waals surface area contributed by atoms with E-state index in [9.17, 15) is 9.18 Å². The monoisotopic (exact) mass is 192 g/mol. The summed E-state index contributed by atoms with van der Waals surface area (Å²) in [6.07, 6.45) is 4.99. The van der Waals surface area contributed by atoms with E-state index in [0.29, 0.717) is 0 Å². The van der Waals surface area contributed by atoms with Gasteiger partial charge in [0.25, 0.3) is 0 Å². The molecule has 1 aromatic rings. The maximum atomic E-state index is 13.2. The Bertz CT molecular complexity index is 391. The van der Waals surface area contributed by atoms with Crippen LogP contribution in [0, 0.1) is 18.2 Å². The number of Topliss-reactive ketones (excluding diaryl/α,β-unsaturated/α-hetero) is 1. The topological polar surface area (TPSA) is 26.3 Å². The van der Waals surface area contributed by atoms with Gasteiger partial charge in [0, 0.05) is 0 Å². The van der Waals surface area contributed by atoms with E-state index in [1.165, 1.54) is 25.1 Å². The van der Waals surface area contributed by atoms with Crippen molar-refractivity contribution in [2.24, 2.45) is 0 Å². The molecular weight excluding hydrogens is 183 g/mol. The molecule has 0 atom stereocenters. The van der Waals surface area contributed by atoms with Gasteiger partial charge in [-0.05, 0) is 19.1 Å². The number of benzene rings is 1. The van der Waals surface area contributed by atoms with Crippen molar-refractivity contribution in [3.05, 3.63) is 29.6 Å². The smallest absolute Gasteiger partial charge is 0.166 e. The van der Waals surface area contributed by atoms with E-state index >= 15 is 0 Å². The lowest BCUT2D eigenvalue weighted by Crippen LogP contribution is -2.03. The van der Waals surface area contributed by atoms with Gasteiger partial charge in [-0.15, -0.1) is 6.42 Å². The lowest BCUT2D eigenvalue weighted by atomic mass is 10.1. The fraction of sp³-hybridized carbons (Fsp3) is 0.182. The largest absolute Gasteiger partial charge is 0.480 e. The summed E-state index contributed by atoms with van der Waals surface area (Å²) in [5.41, 5.74) is -0.0530. The van der Waals surface area contributed by atoms with Crippen LogP contribution in [-0.2, 0) is 0 Å². The van der Waals surface area contributed by atoms with Crippen LogP contribution in [0.4, 0.5) is 4.39 Å². The summed E-state index contributed by atoms with van der Waals surface area (Å²) < 4.78 is 18.2. The highest BCUT2D eigenvalue weighted by molar-refractivity contribution is 5.97. The van der Waals surface area contributed by atoms with E-state index < -0.39 is 5.82 Å². The van der Waals surface area contributed by atoms with E-state index in [0.717, 1.165) is 0 Å². The first kappa shape index (κ1) is 10.3. The molecular formula is C11H9FO2. The molecule has 0 fully saturated rings. The van der Waals surface area contributed by atoms with Gasteiger partial charge < -0.3 is 4.74 Å². The summed E-state index contributed by atoms with van der Waals surface area (Å²) in [6.45, 7) is 1.30. The molecule has 1 rings (SSSR count). The van der Waals surface area contributed by atoms with Crippen molar-refractivity contribution in [1.82, 2.24) is 0 Å². The molecule has 0 spiro atoms. The molecule has 2 nitrogen and oxygen atoms in total. The van der Waals surface area contributed by atoms with Crippen molar-refractivity contribution in [2.75, 3.05) is 6.61 Å². The van der Waals surface area contributed by atoms with Gasteiger partial charge in [0.2, 0.25) is 0 Å². The molecule has 72 valence electrons. The second-order valence-electron chi connectivity index (χ2n) is 2.66. The van der Waals surface area contributed by atoms with E-state index in [-0.39, 0.29) is 23.7 Å². The van der Waals surface area contributed by atoms with E-state index in [1.807, 2.05) is 0 Å². The van der Waals surface area contributed by atoms with Gasteiger partial charge in [0.1, 0.15) is 18.2 Å². The molecule has 0 radical (unpaired) electrons. The van der Waals surface area contributed by atoms with Gasteiger partial charge in [-0.3, -0.25) is 4.79 Å². The van der Waals surface area contributed by atoms with Crippen molar-refractivity contribution in [3.63, 3.8) is 0 Å². The highest BCUT2D eigenvalue weighted by Crippen LogP contribution is 2.21. The Morgan fingerprint density at radius 1 is 1.64 bits per heavy atom. The summed E-state index contributed by atoms with van der Waals surface area (Å²) in [4.78, 5) is 11.1. The van der Waals surface area contributed by atoms with E-state index in [4.69, 9.17) is 11.2 Å². The Morgan fingerprint density at radius 3 is 2.93 bits per heavy atom. The fourth-order valence-corrected chi connectivity index (χ4v) is 1.09. The standard InChI is InChI=1S/C11H9FO2/c1-3-7-14-10-6-4-5-9(12)11(10)8(2)13/h1,4-6H,7H2,2H3. The Kier molecular flexibility index (Phi) is 3.24. The fourth-order valence-electron chi connectivity index (χ4n) is 1.09. The molecule has 1 aromatic carbocycles. The molecule has 14 heavy (non-hydrogen) atoms. The average Bonchev–Trinajstić information content (AvgIpc) is 2.14. The average molecular weight is 192 g/mol. The van der Waals surface area contributed by atoms with Crippen molar-refractivity contribution < 1.29 is 13.9 Å². The number of hydrogen-bond donors (Lipinski definition) is 0. The number of rotatable bonds is 3. The number of terminal acetylenes is 1. The molecule has 0 N–H and O–H groups in total. The Labute approximate surface area is 81.7 Å². The highest BCUT2D eigenvalue weighted by Gasteiger charge is 2.13. The maximum absolute atomic E-state index is 13.2. The normalized spacial score (nSPS) is 9.21. The maximum Gasteiger partial charge on any atom is 0.166 e. The molecule has 0 aromatic heterocycles. The van der Waals surface area contributed by atoms with Crippen LogP contribution in [0.3, 0.4) is 0 Å². The summed E-state index contributed by atoms with van der Waals surface area (Å²) >= 11 is 0. The molecule has 0 saturated heterocycles. The Balaban J connectivity index is 3.09. The van der Waals surface area contributed by atoms with Crippen LogP contribution in [0.25, 0.3) is 0 Å². The van der Waals surface area contributed by atoms with Gasteiger partial charge in [0.05, 0.1) is 5.56 Å². The van der Waals surface area contributed by atoms with Crippen LogP contribution in [0.5, 0.6) is 5.75 Å². The molecule has 0 saturated carbocycles. The van der Waals surface area contributed by atoms with Gasteiger partial charge in [0.15, 0.2) is 5.78 Å². The Morgan fingerprint density at radius 2 is 2.36 bits per heavy atom. The number of halogens is 1. The first-order valence-electron chi connectivity index (χ1n) is 4.02. The Hall–Kier alpha value is -1.82. The minimum absolute atomic E-state index is 0.0176. The lowest BCUT2D eigenvalue weighted by molar-refractivity contribution is 0.101. The lowest BCUT2D eigenvalue weighted by Gasteiger charge is -2.07. The quantitative estimate of drug-likeness (QED) is 0.541. The summed E-state index contributed by atoms with van der Waals surface area (Å²) in [6, 6.07) is 4.18. The zero-order valence-corrected chi connectivity index (χ0v) is 7.71. The van der Waals surface area contributed by atoms with Gasteiger partial charge in [-0.25, -0.2) is 4.39 Å². The van der Waals surface area contributed by atoms with Crippen molar-refractivity contribution >= 4 is 5.78 Å². The molecule has 0 aliphatic heterocycles. The van der Waals surface area contributed by atoms with Gasteiger partial charge >= 0.3 is 0 Å². The molecule has 0 heterocycles. The van der Waals surface area contributed by atoms with Gasteiger partial charge in [-0.2, -0.15) is 0 Å². The number of ketones is 1. The summed E-state index contributed by atoms with van der Waals surface area (Å²) in [5.74, 6) is 1.47. The predicted octanol–water partition coefficient (Wildman–Crippen LogP) is 2.04. The van der Waals surface area contributed by atoms with E-state index in [2.05, 4.69) is 5.92 Å². The first-order chi connectivity index (χ1) is 6.66. The third kappa shape index (κ3) is 2.11. The number of ether oxygens (including phenoxy) is 1. The minimum atomic E-state index is -0.591. The summed E-state index contributed by atoms with van der Waals surface area (Å²) in [7, 11) is 0. The third-order valence-corrected chi connectivity index (χ3v) is 1.64. The van der Waals surface area contributed by atoms with Crippen LogP contribution in [-0.4, -0.2) is 12.4 Å². The predicted molar refractivity (Wildman–Crippen MR) is 50.7 cm³/mol. The number of carbonyl (C=O) groups excluding carboxylic acids is 1. The van der Waals surface area contributed by atoms with Crippen molar-refractivity contribution in [1.29, 1.82) is 0 Å². The van der Waals surface area contributed by atoms with Gasteiger partial charge in [-0.1, -0.05) is 12.0 Å². The summed E-state index contributed by atoms with van der Waals surface area (Å²) in [5, 5.41) is 0. The third-order valence-electron chi connectivity index (χ3n) is 1.64. The van der Waals surface area contributed by atoms with Crippen LogP contribution >= 0.6 is 0 Å². The molecule has 0 aliphatic carbocycles. The van der Waals surface area contributed by atoms with Crippen LogP contribution < -0.4 is 4.74 Å². The van der Waals surface area contributed by atoms with Crippen molar-refractivity contribution in [3.8, 4) is 18.1 Å². The second-order valence-corrected chi connectivity index (χ2v) is 2.66. The second kappa shape index (κ2) is 4.43. The molecule has 0 aliphatic rings. The SMILES string of the molecule is C#CCOc1cccc(F)c1C(C)=O. The number of carbonyl (C=O) groups is 1. The molecule has 0 unspecified atom stereocenters. The van der Waals surface area contributed by atoms with Crippen LogP contribution in [0.2, 0.25) is 0 Å². The van der Waals surface area contributed by atoms with Crippen LogP contribution in [0.1, 0.15) is 17.3 Å². The van der Waals surface area contributed by atoms with Crippen LogP contribution in [0.15, 0.2) is 18.2 Å². The zero-order chi connectivity index (χ0) is 10.6.